The molecule has 146 valence electrons. The van der Waals surface area contributed by atoms with Crippen LogP contribution in [0, 0.1) is 6.92 Å². The fourth-order valence-corrected chi connectivity index (χ4v) is 3.74. The highest BCUT2D eigenvalue weighted by Crippen LogP contribution is 2.33. The molecule has 0 aliphatic heterocycles. The molecule has 1 heterocycles. The number of carbonyl (C=O) groups excluding carboxylic acids is 1. The molecule has 0 aliphatic carbocycles. The van der Waals surface area contributed by atoms with E-state index in [4.69, 9.17) is 16.3 Å². The summed E-state index contributed by atoms with van der Waals surface area (Å²) in [5.41, 5.74) is 2.60. The second-order valence-corrected chi connectivity index (χ2v) is 7.43. The van der Waals surface area contributed by atoms with E-state index in [1.54, 1.807) is 25.3 Å². The first-order chi connectivity index (χ1) is 13.5. The van der Waals surface area contributed by atoms with Gasteiger partial charge < -0.3 is 14.6 Å². The highest BCUT2D eigenvalue weighted by atomic mass is 35.5. The molecule has 1 N–H and O–H groups in total. The van der Waals surface area contributed by atoms with E-state index in [1.807, 2.05) is 42.7 Å². The number of benzene rings is 2. The summed E-state index contributed by atoms with van der Waals surface area (Å²) in [6, 6.07) is 13.0. The number of aryl methyl sites for hydroxylation is 1. The van der Waals surface area contributed by atoms with Gasteiger partial charge >= 0.3 is 0 Å². The third kappa shape index (κ3) is 4.48. The number of rotatable bonds is 7. The monoisotopic (exact) mass is 416 g/mol. The van der Waals surface area contributed by atoms with Crippen molar-refractivity contribution in [2.75, 3.05) is 18.2 Å². The minimum Gasteiger partial charge on any atom is -0.496 e. The van der Waals surface area contributed by atoms with Gasteiger partial charge in [-0.1, -0.05) is 41.6 Å². The lowest BCUT2D eigenvalue weighted by molar-refractivity contribution is -0.113. The lowest BCUT2D eigenvalue weighted by Crippen LogP contribution is -2.15. The Hall–Kier alpha value is -2.51. The van der Waals surface area contributed by atoms with Crippen molar-refractivity contribution in [3.8, 4) is 17.1 Å². The number of nitrogens with one attached hydrogen (secondary N) is 1. The van der Waals surface area contributed by atoms with Crippen molar-refractivity contribution in [1.29, 1.82) is 0 Å². The Kier molecular flexibility index (Phi) is 6.59. The number of ether oxygens (including phenoxy) is 1. The number of thioether (sulfide) groups is 1. The second kappa shape index (κ2) is 9.12. The van der Waals surface area contributed by atoms with Crippen molar-refractivity contribution in [3.05, 3.63) is 53.1 Å². The number of para-hydroxylation sites is 1. The number of hydrogen-bond donors (Lipinski definition) is 1. The first-order valence-electron chi connectivity index (χ1n) is 8.78. The normalized spacial score (nSPS) is 10.7. The Labute approximate surface area is 173 Å². The van der Waals surface area contributed by atoms with Crippen LogP contribution in [0.1, 0.15) is 12.5 Å². The van der Waals surface area contributed by atoms with Gasteiger partial charge in [0.2, 0.25) is 5.91 Å². The Morgan fingerprint density at radius 3 is 2.75 bits per heavy atom. The fourth-order valence-electron chi connectivity index (χ4n) is 2.76. The molecular formula is C20H21ClN4O2S. The topological polar surface area (TPSA) is 69.0 Å². The Morgan fingerprint density at radius 2 is 2.04 bits per heavy atom. The third-order valence-corrected chi connectivity index (χ3v) is 5.39. The van der Waals surface area contributed by atoms with Crippen LogP contribution in [0.2, 0.25) is 5.02 Å². The number of halogens is 1. The molecule has 2 aromatic carbocycles. The molecule has 0 bridgehead atoms. The van der Waals surface area contributed by atoms with E-state index < -0.39 is 0 Å². The van der Waals surface area contributed by atoms with Crippen LogP contribution in [0.3, 0.4) is 0 Å². The molecule has 0 aliphatic rings. The van der Waals surface area contributed by atoms with Crippen molar-refractivity contribution >= 4 is 35.0 Å². The first kappa shape index (κ1) is 20.2. The van der Waals surface area contributed by atoms with E-state index in [0.29, 0.717) is 28.3 Å². The third-order valence-electron chi connectivity index (χ3n) is 4.19. The summed E-state index contributed by atoms with van der Waals surface area (Å²) in [4.78, 5) is 12.3. The number of anilines is 1. The van der Waals surface area contributed by atoms with Crippen LogP contribution in [0.5, 0.6) is 5.75 Å². The van der Waals surface area contributed by atoms with Gasteiger partial charge in [-0.05, 0) is 43.7 Å². The van der Waals surface area contributed by atoms with E-state index in [0.717, 1.165) is 16.8 Å². The molecule has 0 fully saturated rings. The summed E-state index contributed by atoms with van der Waals surface area (Å²) < 4.78 is 7.37. The van der Waals surface area contributed by atoms with Crippen molar-refractivity contribution in [3.63, 3.8) is 0 Å². The summed E-state index contributed by atoms with van der Waals surface area (Å²) in [6.45, 7) is 4.61. The molecule has 1 amide bonds. The van der Waals surface area contributed by atoms with Gasteiger partial charge in [-0.15, -0.1) is 10.2 Å². The largest absolute Gasteiger partial charge is 0.496 e. The van der Waals surface area contributed by atoms with E-state index in [2.05, 4.69) is 15.5 Å². The van der Waals surface area contributed by atoms with E-state index in [-0.39, 0.29) is 11.7 Å². The second-order valence-electron chi connectivity index (χ2n) is 6.05. The molecule has 0 saturated heterocycles. The van der Waals surface area contributed by atoms with Crippen LogP contribution >= 0.6 is 23.4 Å². The van der Waals surface area contributed by atoms with Crippen molar-refractivity contribution < 1.29 is 9.53 Å². The summed E-state index contributed by atoms with van der Waals surface area (Å²) in [5.74, 6) is 1.47. The highest BCUT2D eigenvalue weighted by Gasteiger charge is 2.18. The van der Waals surface area contributed by atoms with Gasteiger partial charge in [-0.3, -0.25) is 4.79 Å². The van der Waals surface area contributed by atoms with Crippen molar-refractivity contribution in [2.45, 2.75) is 25.5 Å². The van der Waals surface area contributed by atoms with Gasteiger partial charge in [0, 0.05) is 17.3 Å². The molecule has 0 saturated carbocycles. The van der Waals surface area contributed by atoms with E-state index >= 15 is 0 Å². The standard InChI is InChI=1S/C20H21ClN4O2S/c1-4-25-19(15-11-14(21)9-10-17(15)27-3)23-24-20(25)28-12-18(26)22-16-8-6-5-7-13(16)2/h5-11H,4,12H2,1-3H3,(H,22,26). The van der Waals surface area contributed by atoms with E-state index in [9.17, 15) is 4.79 Å². The zero-order valence-electron chi connectivity index (χ0n) is 15.9. The van der Waals surface area contributed by atoms with Crippen molar-refractivity contribution in [2.24, 2.45) is 0 Å². The molecule has 3 aromatic rings. The van der Waals surface area contributed by atoms with Crippen LogP contribution in [-0.4, -0.2) is 33.5 Å². The predicted octanol–water partition coefficient (Wildman–Crippen LogP) is 4.67. The highest BCUT2D eigenvalue weighted by molar-refractivity contribution is 7.99. The van der Waals surface area contributed by atoms with Crippen LogP contribution < -0.4 is 10.1 Å². The fraction of sp³-hybridized carbons (Fsp3) is 0.250. The molecule has 0 radical (unpaired) electrons. The Morgan fingerprint density at radius 1 is 1.25 bits per heavy atom. The number of carbonyl (C=O) groups is 1. The van der Waals surface area contributed by atoms with E-state index in [1.165, 1.54) is 11.8 Å². The van der Waals surface area contributed by atoms with Gasteiger partial charge in [-0.2, -0.15) is 0 Å². The predicted molar refractivity (Wildman–Crippen MR) is 113 cm³/mol. The number of nitrogens with zero attached hydrogens (tertiary/aromatic N) is 3. The minimum atomic E-state index is -0.0909. The maximum absolute atomic E-state index is 12.3. The van der Waals surface area contributed by atoms with Gasteiger partial charge in [0.05, 0.1) is 18.4 Å². The molecule has 28 heavy (non-hydrogen) atoms. The quantitative estimate of drug-likeness (QED) is 0.567. The lowest BCUT2D eigenvalue weighted by Gasteiger charge is -2.11. The molecule has 0 unspecified atom stereocenters. The average molecular weight is 417 g/mol. The van der Waals surface area contributed by atoms with Crippen LogP contribution in [0.25, 0.3) is 11.4 Å². The SMILES string of the molecule is CCn1c(SCC(=O)Nc2ccccc2C)nnc1-c1cc(Cl)ccc1OC. The molecule has 1 aromatic heterocycles. The molecule has 3 rings (SSSR count). The van der Waals surface area contributed by atoms with Gasteiger partial charge in [0.1, 0.15) is 5.75 Å². The minimum absolute atomic E-state index is 0.0909. The summed E-state index contributed by atoms with van der Waals surface area (Å²) >= 11 is 7.49. The summed E-state index contributed by atoms with van der Waals surface area (Å²) in [6.07, 6.45) is 0. The van der Waals surface area contributed by atoms with Gasteiger partial charge in [0.15, 0.2) is 11.0 Å². The Bertz CT molecular complexity index is 990. The van der Waals surface area contributed by atoms with Crippen LogP contribution in [0.4, 0.5) is 5.69 Å². The van der Waals surface area contributed by atoms with Gasteiger partial charge in [0.25, 0.3) is 0 Å². The van der Waals surface area contributed by atoms with Crippen LogP contribution in [0.15, 0.2) is 47.6 Å². The van der Waals surface area contributed by atoms with Gasteiger partial charge in [-0.25, -0.2) is 0 Å². The number of hydrogen-bond acceptors (Lipinski definition) is 5. The molecule has 0 atom stereocenters. The molecule has 8 heteroatoms. The number of methoxy groups -OCH3 is 1. The number of amides is 1. The average Bonchev–Trinajstić information content (AvgIpc) is 3.11. The maximum Gasteiger partial charge on any atom is 0.234 e. The maximum atomic E-state index is 12.3. The molecule has 6 nitrogen and oxygen atoms in total. The lowest BCUT2D eigenvalue weighted by atomic mass is 10.2. The number of aromatic nitrogens is 3. The first-order valence-corrected chi connectivity index (χ1v) is 10.1. The Balaban J connectivity index is 1.77. The smallest absolute Gasteiger partial charge is 0.234 e. The molecular weight excluding hydrogens is 396 g/mol. The summed E-state index contributed by atoms with van der Waals surface area (Å²) in [7, 11) is 1.60. The van der Waals surface area contributed by atoms with Crippen molar-refractivity contribution in [1.82, 2.24) is 14.8 Å². The summed E-state index contributed by atoms with van der Waals surface area (Å²) in [5, 5.41) is 12.8. The zero-order valence-corrected chi connectivity index (χ0v) is 17.5. The molecule has 0 spiro atoms. The van der Waals surface area contributed by atoms with Crippen LogP contribution in [-0.2, 0) is 11.3 Å². The zero-order chi connectivity index (χ0) is 20.1.